The summed E-state index contributed by atoms with van der Waals surface area (Å²) >= 11 is 0. The summed E-state index contributed by atoms with van der Waals surface area (Å²) < 4.78 is 27.3. The van der Waals surface area contributed by atoms with E-state index in [1.807, 2.05) is 0 Å². The van der Waals surface area contributed by atoms with Crippen LogP contribution in [-0.4, -0.2) is 106 Å². The lowest BCUT2D eigenvalue weighted by molar-refractivity contribution is 0.164. The Bertz CT molecular complexity index is 437. The molecule has 0 aliphatic carbocycles. The van der Waals surface area contributed by atoms with Gasteiger partial charge in [-0.05, 0) is 0 Å². The van der Waals surface area contributed by atoms with E-state index in [2.05, 4.69) is 21.3 Å². The van der Waals surface area contributed by atoms with Crippen LogP contribution in [0.2, 0.25) is 0 Å². The van der Waals surface area contributed by atoms with Gasteiger partial charge >= 0.3 is 0 Å². The zero-order valence-corrected chi connectivity index (χ0v) is 14.5. The van der Waals surface area contributed by atoms with E-state index in [0.717, 1.165) is 65.8 Å². The number of rotatable bonds is 13. The molecule has 5 atom stereocenters. The predicted octanol–water partition coefficient (Wildman–Crippen LogP) is -1.03. The maximum Gasteiger partial charge on any atom is 0.120 e. The highest BCUT2D eigenvalue weighted by Crippen LogP contribution is 2.25. The van der Waals surface area contributed by atoms with Crippen LogP contribution in [0.1, 0.15) is 0 Å². The van der Waals surface area contributed by atoms with Gasteiger partial charge in [0.2, 0.25) is 0 Å². The fourth-order valence-corrected chi connectivity index (χ4v) is 3.05. The Balaban J connectivity index is 1.31. The van der Waals surface area contributed by atoms with Crippen molar-refractivity contribution in [1.29, 1.82) is 0 Å². The van der Waals surface area contributed by atoms with E-state index >= 15 is 0 Å². The van der Waals surface area contributed by atoms with Gasteiger partial charge in [-0.3, -0.25) is 0 Å². The number of nitrogens with one attached hydrogen (secondary N) is 1. The first-order valence-corrected chi connectivity index (χ1v) is 9.35. The van der Waals surface area contributed by atoms with Gasteiger partial charge in [-0.25, -0.2) is 0 Å². The van der Waals surface area contributed by atoms with Gasteiger partial charge in [0.25, 0.3) is 0 Å². The van der Waals surface area contributed by atoms with Crippen molar-refractivity contribution in [2.45, 2.75) is 30.5 Å². The molecule has 5 aliphatic rings. The molecule has 0 saturated carbocycles. The second kappa shape index (κ2) is 6.92. The molecule has 5 fully saturated rings. The van der Waals surface area contributed by atoms with Gasteiger partial charge in [0, 0.05) is 38.9 Å². The fourth-order valence-electron chi connectivity index (χ4n) is 3.05. The van der Waals surface area contributed by atoms with Crippen LogP contribution in [0.15, 0.2) is 12.0 Å². The van der Waals surface area contributed by atoms with Crippen molar-refractivity contribution in [2.75, 3.05) is 65.8 Å². The highest BCUT2D eigenvalue weighted by Gasteiger charge is 2.37. The van der Waals surface area contributed by atoms with E-state index in [4.69, 9.17) is 23.7 Å². The minimum atomic E-state index is 0.338. The molecule has 0 bridgehead atoms. The first-order valence-electron chi connectivity index (χ1n) is 9.35. The van der Waals surface area contributed by atoms with Gasteiger partial charge in [0.15, 0.2) is 0 Å². The van der Waals surface area contributed by atoms with Crippen LogP contribution in [-0.2, 0) is 23.7 Å². The third kappa shape index (κ3) is 5.21. The van der Waals surface area contributed by atoms with E-state index in [1.54, 1.807) is 0 Å². The summed E-state index contributed by atoms with van der Waals surface area (Å²) in [4.78, 5) is 4.81. The molecule has 5 saturated heterocycles. The molecular weight excluding hydrogens is 326 g/mol. The van der Waals surface area contributed by atoms with Crippen LogP contribution >= 0.6 is 0 Å². The lowest BCUT2D eigenvalue weighted by Crippen LogP contribution is -2.43. The number of epoxide rings is 5. The topological polar surface area (TPSA) is 81.2 Å². The van der Waals surface area contributed by atoms with E-state index < -0.39 is 0 Å². The van der Waals surface area contributed by atoms with Crippen molar-refractivity contribution >= 4 is 0 Å². The molecule has 5 rings (SSSR count). The Morgan fingerprint density at radius 1 is 0.680 bits per heavy atom. The fraction of sp³-hybridized carbons (Fsp3) is 0.882. The van der Waals surface area contributed by atoms with Crippen molar-refractivity contribution in [3.05, 3.63) is 12.0 Å². The first kappa shape index (κ1) is 16.1. The molecule has 0 aromatic rings. The van der Waals surface area contributed by atoms with Crippen LogP contribution in [0.3, 0.4) is 0 Å². The molecule has 5 aliphatic heterocycles. The summed E-state index contributed by atoms with van der Waals surface area (Å²) in [5, 5.41) is 3.45. The molecule has 0 amide bonds. The molecule has 140 valence electrons. The van der Waals surface area contributed by atoms with Crippen LogP contribution in [0.25, 0.3) is 0 Å². The number of nitrogens with zero attached hydrogens (tertiary/aromatic N) is 2. The molecular formula is C17H27N3O5. The van der Waals surface area contributed by atoms with E-state index in [1.165, 1.54) is 5.82 Å². The lowest BCUT2D eigenvalue weighted by Gasteiger charge is -2.35. The van der Waals surface area contributed by atoms with Gasteiger partial charge in [0.05, 0.1) is 63.6 Å². The summed E-state index contributed by atoms with van der Waals surface area (Å²) in [6.07, 6.45) is 3.85. The SMILES string of the molecule is C(NCC1CO1)=C(N(CC1CO1)CC1CO1)N(CC1CO1)CC1CO1. The second-order valence-electron chi connectivity index (χ2n) is 7.50. The van der Waals surface area contributed by atoms with Crippen molar-refractivity contribution in [3.63, 3.8) is 0 Å². The zero-order chi connectivity index (χ0) is 16.6. The average molecular weight is 353 g/mol. The third-order valence-electron chi connectivity index (χ3n) is 4.93. The predicted molar refractivity (Wildman–Crippen MR) is 87.9 cm³/mol. The van der Waals surface area contributed by atoms with Crippen molar-refractivity contribution in [1.82, 2.24) is 15.1 Å². The minimum absolute atomic E-state index is 0.338. The third-order valence-corrected chi connectivity index (χ3v) is 4.93. The van der Waals surface area contributed by atoms with Gasteiger partial charge < -0.3 is 38.8 Å². The molecule has 5 unspecified atom stereocenters. The van der Waals surface area contributed by atoms with Crippen molar-refractivity contribution in [3.8, 4) is 0 Å². The number of hydrogen-bond donors (Lipinski definition) is 1. The quantitative estimate of drug-likeness (QED) is 0.421. The van der Waals surface area contributed by atoms with Crippen LogP contribution in [0.4, 0.5) is 0 Å². The Morgan fingerprint density at radius 2 is 1.04 bits per heavy atom. The molecule has 8 nitrogen and oxygen atoms in total. The summed E-state index contributed by atoms with van der Waals surface area (Å²) in [7, 11) is 0. The molecule has 0 spiro atoms. The Morgan fingerprint density at radius 3 is 1.36 bits per heavy atom. The number of hydrogen-bond acceptors (Lipinski definition) is 8. The van der Waals surface area contributed by atoms with Crippen molar-refractivity contribution in [2.24, 2.45) is 0 Å². The molecule has 8 heteroatoms. The van der Waals surface area contributed by atoms with Gasteiger partial charge in [-0.2, -0.15) is 0 Å². The van der Waals surface area contributed by atoms with Gasteiger partial charge in [-0.15, -0.1) is 0 Å². The van der Waals surface area contributed by atoms with E-state index in [-0.39, 0.29) is 0 Å². The van der Waals surface area contributed by atoms with Crippen LogP contribution in [0.5, 0.6) is 0 Å². The average Bonchev–Trinajstić information content (AvgIpc) is 3.37. The molecule has 0 aromatic carbocycles. The smallest absolute Gasteiger partial charge is 0.120 e. The summed E-state index contributed by atoms with van der Waals surface area (Å²) in [5.41, 5.74) is 0. The molecule has 0 radical (unpaired) electrons. The van der Waals surface area contributed by atoms with Gasteiger partial charge in [0.1, 0.15) is 5.82 Å². The van der Waals surface area contributed by atoms with Crippen LogP contribution in [0, 0.1) is 0 Å². The zero-order valence-electron chi connectivity index (χ0n) is 14.5. The lowest BCUT2D eigenvalue weighted by atomic mass is 10.3. The van der Waals surface area contributed by atoms with Gasteiger partial charge in [-0.1, -0.05) is 0 Å². The standard InChI is InChI=1S/C17H27N3O5/c1(12-7-21-12)18-2-17(19(3-13-8-22-13)4-14-9-23-14)20(5-15-10-24-15)6-16-11-25-16/h2,12-16,18H,1,3-11H2. The maximum absolute atomic E-state index is 5.49. The van der Waals surface area contributed by atoms with Crippen molar-refractivity contribution < 1.29 is 23.7 Å². The molecule has 25 heavy (non-hydrogen) atoms. The Hall–Kier alpha value is -1.06. The summed E-state index contributed by atoms with van der Waals surface area (Å²) in [5.74, 6) is 1.19. The van der Waals surface area contributed by atoms with E-state index in [0.29, 0.717) is 30.5 Å². The second-order valence-corrected chi connectivity index (χ2v) is 7.50. The molecule has 0 aromatic heterocycles. The Kier molecular flexibility index (Phi) is 4.47. The normalized spacial score (nSPS) is 36.4. The van der Waals surface area contributed by atoms with E-state index in [9.17, 15) is 0 Å². The highest BCUT2D eigenvalue weighted by molar-refractivity contribution is 5.06. The molecule has 5 heterocycles. The number of ether oxygens (including phenoxy) is 5. The summed E-state index contributed by atoms with van der Waals surface area (Å²) in [6, 6.07) is 0. The summed E-state index contributed by atoms with van der Waals surface area (Å²) in [6.45, 7) is 8.76. The first-order chi connectivity index (χ1) is 12.3. The minimum Gasteiger partial charge on any atom is -0.385 e. The highest BCUT2D eigenvalue weighted by atomic mass is 16.6. The maximum atomic E-state index is 5.49. The largest absolute Gasteiger partial charge is 0.385 e. The molecule has 1 N–H and O–H groups in total. The monoisotopic (exact) mass is 353 g/mol. The Labute approximate surface area is 147 Å². The van der Waals surface area contributed by atoms with Crippen LogP contribution < -0.4 is 5.32 Å².